The molecule has 19 heavy (non-hydrogen) atoms. The van der Waals surface area contributed by atoms with Gasteiger partial charge in [0.15, 0.2) is 5.69 Å². The predicted molar refractivity (Wildman–Crippen MR) is 74.4 cm³/mol. The van der Waals surface area contributed by atoms with Gasteiger partial charge in [0, 0.05) is 18.8 Å². The molecule has 0 saturated carbocycles. The summed E-state index contributed by atoms with van der Waals surface area (Å²) in [6, 6.07) is 9.81. The van der Waals surface area contributed by atoms with Crippen molar-refractivity contribution in [2.24, 2.45) is 7.05 Å². The van der Waals surface area contributed by atoms with Gasteiger partial charge in [0.05, 0.1) is 5.69 Å². The fraction of sp³-hybridized carbons (Fsp3) is 0.286. The van der Waals surface area contributed by atoms with Gasteiger partial charge in [-0.05, 0) is 37.6 Å². The number of aromatic carboxylic acids is 1. The van der Waals surface area contributed by atoms with Crippen LogP contribution in [-0.2, 0) is 7.05 Å². The lowest BCUT2D eigenvalue weighted by atomic mass is 10.1. The van der Waals surface area contributed by atoms with E-state index in [1.807, 2.05) is 24.3 Å². The number of rotatable bonds is 4. The Morgan fingerprint density at radius 3 is 2.42 bits per heavy atom. The Bertz CT molecular complexity index is 585. The highest BCUT2D eigenvalue weighted by atomic mass is 16.4. The van der Waals surface area contributed by atoms with Crippen LogP contribution in [-0.4, -0.2) is 26.9 Å². The Labute approximate surface area is 111 Å². The molecule has 0 spiro atoms. The maximum absolute atomic E-state index is 10.9. The first kappa shape index (κ1) is 13.1. The van der Waals surface area contributed by atoms with Gasteiger partial charge in [-0.1, -0.05) is 12.1 Å². The molecule has 2 N–H and O–H groups in total. The van der Waals surface area contributed by atoms with E-state index in [4.69, 9.17) is 5.11 Å². The monoisotopic (exact) mass is 259 g/mol. The average molecular weight is 259 g/mol. The molecule has 5 heteroatoms. The number of hydrogen-bond donors (Lipinski definition) is 2. The molecule has 100 valence electrons. The molecule has 0 unspecified atom stereocenters. The van der Waals surface area contributed by atoms with E-state index in [2.05, 4.69) is 24.3 Å². The lowest BCUT2D eigenvalue weighted by Crippen LogP contribution is -2.09. The minimum Gasteiger partial charge on any atom is -0.476 e. The molecule has 0 bridgehead atoms. The molecule has 0 radical (unpaired) electrons. The second-order valence-electron chi connectivity index (χ2n) is 4.72. The van der Waals surface area contributed by atoms with Crippen molar-refractivity contribution in [3.63, 3.8) is 0 Å². The first-order chi connectivity index (χ1) is 8.97. The molecule has 0 atom stereocenters. The molecule has 1 heterocycles. The van der Waals surface area contributed by atoms with Gasteiger partial charge in [-0.3, -0.25) is 4.68 Å². The third-order valence-corrected chi connectivity index (χ3v) is 2.73. The Kier molecular flexibility index (Phi) is 3.55. The molecule has 0 amide bonds. The zero-order valence-corrected chi connectivity index (χ0v) is 11.2. The summed E-state index contributed by atoms with van der Waals surface area (Å²) in [5, 5.41) is 16.2. The van der Waals surface area contributed by atoms with Crippen molar-refractivity contribution in [3.8, 4) is 11.3 Å². The van der Waals surface area contributed by atoms with Crippen molar-refractivity contribution in [2.75, 3.05) is 5.32 Å². The number of aromatic nitrogens is 2. The topological polar surface area (TPSA) is 67.2 Å². The first-order valence-electron chi connectivity index (χ1n) is 6.11. The van der Waals surface area contributed by atoms with Crippen molar-refractivity contribution in [3.05, 3.63) is 36.0 Å². The summed E-state index contributed by atoms with van der Waals surface area (Å²) in [5.41, 5.74) is 2.83. The lowest BCUT2D eigenvalue weighted by Gasteiger charge is -2.10. The Hall–Kier alpha value is -2.30. The van der Waals surface area contributed by atoms with Gasteiger partial charge < -0.3 is 10.4 Å². The number of aryl methyl sites for hydroxylation is 1. The van der Waals surface area contributed by atoms with E-state index in [1.54, 1.807) is 17.8 Å². The largest absolute Gasteiger partial charge is 0.476 e. The fourth-order valence-electron chi connectivity index (χ4n) is 1.91. The van der Waals surface area contributed by atoms with Crippen molar-refractivity contribution in [1.82, 2.24) is 9.78 Å². The van der Waals surface area contributed by atoms with Crippen molar-refractivity contribution in [1.29, 1.82) is 0 Å². The molecule has 2 aromatic rings. The molecule has 0 fully saturated rings. The Balaban J connectivity index is 2.29. The molecular formula is C14H17N3O2. The summed E-state index contributed by atoms with van der Waals surface area (Å²) < 4.78 is 1.58. The number of carboxylic acid groups (broad SMARTS) is 1. The number of nitrogens with one attached hydrogen (secondary N) is 1. The highest BCUT2D eigenvalue weighted by molar-refractivity contribution is 5.87. The van der Waals surface area contributed by atoms with E-state index >= 15 is 0 Å². The summed E-state index contributed by atoms with van der Waals surface area (Å²) in [4.78, 5) is 10.9. The Morgan fingerprint density at radius 1 is 1.32 bits per heavy atom. The van der Waals surface area contributed by atoms with Crippen LogP contribution < -0.4 is 5.32 Å². The van der Waals surface area contributed by atoms with Crippen LogP contribution in [0.25, 0.3) is 11.3 Å². The summed E-state index contributed by atoms with van der Waals surface area (Å²) in [7, 11) is 1.74. The highest BCUT2D eigenvalue weighted by Gasteiger charge is 2.12. The normalized spacial score (nSPS) is 10.7. The molecule has 5 nitrogen and oxygen atoms in total. The molecule has 0 saturated heterocycles. The maximum atomic E-state index is 10.9. The number of hydrogen-bond acceptors (Lipinski definition) is 3. The minimum atomic E-state index is -1.01. The molecule has 0 aliphatic rings. The number of anilines is 1. The highest BCUT2D eigenvalue weighted by Crippen LogP contribution is 2.22. The van der Waals surface area contributed by atoms with Gasteiger partial charge in [-0.2, -0.15) is 5.10 Å². The van der Waals surface area contributed by atoms with E-state index in [9.17, 15) is 4.79 Å². The Morgan fingerprint density at radius 2 is 1.95 bits per heavy atom. The van der Waals surface area contributed by atoms with Crippen LogP contribution in [0.5, 0.6) is 0 Å². The van der Waals surface area contributed by atoms with Gasteiger partial charge >= 0.3 is 5.97 Å². The van der Waals surface area contributed by atoms with E-state index in [0.717, 1.165) is 16.9 Å². The second kappa shape index (κ2) is 5.14. The number of nitrogens with zero attached hydrogens (tertiary/aromatic N) is 2. The molecule has 2 rings (SSSR count). The summed E-state index contributed by atoms with van der Waals surface area (Å²) in [6.07, 6.45) is 0. The van der Waals surface area contributed by atoms with Crippen LogP contribution in [0.1, 0.15) is 24.3 Å². The van der Waals surface area contributed by atoms with Crippen LogP contribution >= 0.6 is 0 Å². The van der Waals surface area contributed by atoms with Gasteiger partial charge in [-0.25, -0.2) is 4.79 Å². The predicted octanol–water partition coefficient (Wildman–Crippen LogP) is 2.61. The molecular weight excluding hydrogens is 242 g/mol. The van der Waals surface area contributed by atoms with Gasteiger partial charge in [0.1, 0.15) is 0 Å². The van der Waals surface area contributed by atoms with E-state index in [0.29, 0.717) is 6.04 Å². The zero-order chi connectivity index (χ0) is 14.0. The van der Waals surface area contributed by atoms with Crippen molar-refractivity contribution < 1.29 is 9.90 Å². The van der Waals surface area contributed by atoms with Crippen molar-refractivity contribution in [2.45, 2.75) is 19.9 Å². The second-order valence-corrected chi connectivity index (χ2v) is 4.72. The van der Waals surface area contributed by atoms with Crippen LogP contribution in [0.15, 0.2) is 30.3 Å². The fourth-order valence-corrected chi connectivity index (χ4v) is 1.91. The van der Waals surface area contributed by atoms with Crippen LogP contribution in [0.3, 0.4) is 0 Å². The van der Waals surface area contributed by atoms with Gasteiger partial charge in [-0.15, -0.1) is 0 Å². The smallest absolute Gasteiger partial charge is 0.356 e. The van der Waals surface area contributed by atoms with Crippen LogP contribution in [0.4, 0.5) is 5.69 Å². The summed E-state index contributed by atoms with van der Waals surface area (Å²) in [5.74, 6) is -1.01. The molecule has 0 aliphatic carbocycles. The number of carboxylic acids is 1. The molecule has 0 aliphatic heterocycles. The van der Waals surface area contributed by atoms with E-state index in [1.165, 1.54) is 0 Å². The maximum Gasteiger partial charge on any atom is 0.356 e. The van der Waals surface area contributed by atoms with Crippen LogP contribution in [0, 0.1) is 0 Å². The van der Waals surface area contributed by atoms with E-state index < -0.39 is 5.97 Å². The zero-order valence-electron chi connectivity index (χ0n) is 11.2. The number of benzene rings is 1. The van der Waals surface area contributed by atoms with Gasteiger partial charge in [0.2, 0.25) is 0 Å². The first-order valence-corrected chi connectivity index (χ1v) is 6.11. The molecule has 1 aromatic heterocycles. The lowest BCUT2D eigenvalue weighted by molar-refractivity contribution is 0.0689. The third kappa shape index (κ3) is 2.93. The van der Waals surface area contributed by atoms with E-state index in [-0.39, 0.29) is 5.69 Å². The van der Waals surface area contributed by atoms with Crippen molar-refractivity contribution >= 4 is 11.7 Å². The summed E-state index contributed by atoms with van der Waals surface area (Å²) >= 11 is 0. The average Bonchev–Trinajstić information content (AvgIpc) is 2.72. The quantitative estimate of drug-likeness (QED) is 0.885. The minimum absolute atomic E-state index is 0.0573. The number of carbonyl (C=O) groups is 1. The molecule has 1 aromatic carbocycles. The summed E-state index contributed by atoms with van der Waals surface area (Å²) in [6.45, 7) is 4.16. The standard InChI is InChI=1S/C14H17N3O2/c1-9(2)15-11-6-4-10(5-7-11)13-8-12(14(18)19)16-17(13)3/h4-9,15H,1-3H3,(H,18,19). The van der Waals surface area contributed by atoms with Gasteiger partial charge in [0.25, 0.3) is 0 Å². The van der Waals surface area contributed by atoms with Crippen LogP contribution in [0.2, 0.25) is 0 Å². The third-order valence-electron chi connectivity index (χ3n) is 2.73. The SMILES string of the molecule is CC(C)Nc1ccc(-c2cc(C(=O)O)nn2C)cc1.